The molecule has 0 fully saturated rings. The summed E-state index contributed by atoms with van der Waals surface area (Å²) < 4.78 is 14.9. The molecule has 0 aliphatic heterocycles. The van der Waals surface area contributed by atoms with Crippen molar-refractivity contribution in [3.8, 4) is 16.1 Å². The Morgan fingerprint density at radius 3 is 2.76 bits per heavy atom. The maximum Gasteiger partial charge on any atom is 0.272 e. The molecule has 9 heteroatoms. The maximum atomic E-state index is 14.0. The van der Waals surface area contributed by atoms with Gasteiger partial charge in [0, 0.05) is 28.6 Å². The molecule has 3 aromatic heterocycles. The van der Waals surface area contributed by atoms with E-state index in [0.717, 1.165) is 26.5 Å². The van der Waals surface area contributed by atoms with Crippen LogP contribution < -0.4 is 16.2 Å². The number of aromatic nitrogens is 3. The first-order valence-corrected chi connectivity index (χ1v) is 11.6. The van der Waals surface area contributed by atoms with Gasteiger partial charge in [-0.25, -0.2) is 4.98 Å². The zero-order valence-electron chi connectivity index (χ0n) is 19.0. The lowest BCUT2D eigenvalue weighted by Gasteiger charge is -2.13. The van der Waals surface area contributed by atoms with E-state index < -0.39 is 17.4 Å². The van der Waals surface area contributed by atoms with Crippen LogP contribution in [0.2, 0.25) is 0 Å². The Morgan fingerprint density at radius 1 is 1.18 bits per heavy atom. The Morgan fingerprint density at radius 2 is 2.00 bits per heavy atom. The zero-order valence-corrected chi connectivity index (χ0v) is 19.8. The summed E-state index contributed by atoms with van der Waals surface area (Å²) in [5, 5.41) is 10.2. The Hall–Kier alpha value is -3.69. The standard InChI is InChI=1S/C25H24FN5O2S/c1-15-6-7-17(14-27-3)18(13-15)22-10-9-21(34-22)16(2)29-25(33)19-8-11-23(32)31(30-19)20-5-4-12-28-24(20)26/h4-13,16,27H,14H2,1-3H3,(H,29,33)/t16-/m1/s1. The molecule has 0 spiro atoms. The first-order valence-electron chi connectivity index (χ1n) is 10.7. The van der Waals surface area contributed by atoms with Gasteiger partial charge in [-0.1, -0.05) is 23.8 Å². The monoisotopic (exact) mass is 477 g/mol. The molecule has 0 bridgehead atoms. The van der Waals surface area contributed by atoms with Crippen LogP contribution in [0.5, 0.6) is 0 Å². The molecule has 34 heavy (non-hydrogen) atoms. The number of nitrogens with one attached hydrogen (secondary N) is 2. The number of rotatable bonds is 7. The fraction of sp³-hybridized carbons (Fsp3) is 0.200. The van der Waals surface area contributed by atoms with E-state index in [-0.39, 0.29) is 17.4 Å². The second-order valence-electron chi connectivity index (χ2n) is 7.87. The number of amides is 1. The summed E-state index contributed by atoms with van der Waals surface area (Å²) >= 11 is 1.61. The molecule has 0 radical (unpaired) electrons. The van der Waals surface area contributed by atoms with E-state index in [1.54, 1.807) is 11.3 Å². The molecular formula is C25H24FN5O2S. The van der Waals surface area contributed by atoms with Gasteiger partial charge in [0.15, 0.2) is 0 Å². The molecule has 0 saturated heterocycles. The van der Waals surface area contributed by atoms with Gasteiger partial charge in [0.2, 0.25) is 5.95 Å². The summed E-state index contributed by atoms with van der Waals surface area (Å²) in [5.41, 5.74) is 2.87. The van der Waals surface area contributed by atoms with E-state index in [2.05, 4.69) is 51.9 Å². The van der Waals surface area contributed by atoms with Crippen molar-refractivity contribution in [3.63, 3.8) is 0 Å². The Balaban J connectivity index is 1.55. The van der Waals surface area contributed by atoms with Gasteiger partial charge in [-0.15, -0.1) is 11.3 Å². The lowest BCUT2D eigenvalue weighted by Crippen LogP contribution is -2.30. The van der Waals surface area contributed by atoms with Crippen LogP contribution >= 0.6 is 11.3 Å². The lowest BCUT2D eigenvalue weighted by molar-refractivity contribution is 0.0933. The number of hydrogen-bond acceptors (Lipinski definition) is 6. The van der Waals surface area contributed by atoms with Crippen molar-refractivity contribution >= 4 is 17.2 Å². The van der Waals surface area contributed by atoms with Crippen LogP contribution in [0.25, 0.3) is 16.1 Å². The summed E-state index contributed by atoms with van der Waals surface area (Å²) in [6.07, 6.45) is 1.27. The number of aryl methyl sites for hydroxylation is 1. The molecule has 0 unspecified atom stereocenters. The maximum absolute atomic E-state index is 14.0. The van der Waals surface area contributed by atoms with E-state index in [1.807, 2.05) is 20.0 Å². The molecule has 3 heterocycles. The number of halogens is 1. The number of thiophene rings is 1. The van der Waals surface area contributed by atoms with E-state index in [9.17, 15) is 14.0 Å². The van der Waals surface area contributed by atoms with Crippen molar-refractivity contribution in [3.05, 3.63) is 98.8 Å². The summed E-state index contributed by atoms with van der Waals surface area (Å²) in [6.45, 7) is 4.71. The smallest absolute Gasteiger partial charge is 0.272 e. The molecule has 4 aromatic rings. The molecule has 174 valence electrons. The van der Waals surface area contributed by atoms with Crippen molar-refractivity contribution in [1.29, 1.82) is 0 Å². The number of benzene rings is 1. The molecule has 1 aromatic carbocycles. The van der Waals surface area contributed by atoms with E-state index >= 15 is 0 Å². The Kier molecular flexibility index (Phi) is 6.95. The minimum absolute atomic E-state index is 0.00136. The third-order valence-corrected chi connectivity index (χ3v) is 6.60. The number of pyridine rings is 1. The van der Waals surface area contributed by atoms with Gasteiger partial charge in [0.25, 0.3) is 11.5 Å². The predicted octanol–water partition coefficient (Wildman–Crippen LogP) is 4.01. The Labute approximate surface area is 200 Å². The minimum atomic E-state index is -0.845. The van der Waals surface area contributed by atoms with E-state index in [4.69, 9.17) is 0 Å². The second-order valence-corrected chi connectivity index (χ2v) is 8.99. The number of carbonyl (C=O) groups is 1. The molecule has 2 N–H and O–H groups in total. The molecular weight excluding hydrogens is 453 g/mol. The summed E-state index contributed by atoms with van der Waals surface area (Å²) in [7, 11) is 1.92. The average molecular weight is 478 g/mol. The molecule has 1 amide bonds. The highest BCUT2D eigenvalue weighted by molar-refractivity contribution is 7.15. The molecule has 0 saturated carbocycles. The van der Waals surface area contributed by atoms with Crippen LogP contribution in [0.4, 0.5) is 4.39 Å². The molecule has 7 nitrogen and oxygen atoms in total. The van der Waals surface area contributed by atoms with Crippen molar-refractivity contribution < 1.29 is 9.18 Å². The van der Waals surface area contributed by atoms with Gasteiger partial charge < -0.3 is 10.6 Å². The van der Waals surface area contributed by atoms with Gasteiger partial charge in [0.05, 0.1) is 6.04 Å². The number of carbonyl (C=O) groups excluding carboxylic acids is 1. The van der Waals surface area contributed by atoms with Gasteiger partial charge in [-0.05, 0) is 62.4 Å². The summed E-state index contributed by atoms with van der Waals surface area (Å²) in [5.74, 6) is -1.31. The number of nitrogens with zero attached hydrogens (tertiary/aromatic N) is 3. The summed E-state index contributed by atoms with van der Waals surface area (Å²) in [4.78, 5) is 30.7. The van der Waals surface area contributed by atoms with Gasteiger partial charge in [-0.2, -0.15) is 14.2 Å². The average Bonchev–Trinajstić information content (AvgIpc) is 3.31. The largest absolute Gasteiger partial charge is 0.343 e. The normalized spacial score (nSPS) is 11.9. The molecule has 4 rings (SSSR count). The zero-order chi connectivity index (χ0) is 24.2. The fourth-order valence-corrected chi connectivity index (χ4v) is 4.64. The van der Waals surface area contributed by atoms with Crippen LogP contribution in [-0.4, -0.2) is 27.7 Å². The predicted molar refractivity (Wildman–Crippen MR) is 131 cm³/mol. The van der Waals surface area contributed by atoms with Crippen molar-refractivity contribution in [2.45, 2.75) is 26.4 Å². The van der Waals surface area contributed by atoms with Crippen molar-refractivity contribution in [2.75, 3.05) is 7.05 Å². The van der Waals surface area contributed by atoms with Crippen molar-refractivity contribution in [1.82, 2.24) is 25.4 Å². The lowest BCUT2D eigenvalue weighted by atomic mass is 10.0. The first-order chi connectivity index (χ1) is 16.4. The third-order valence-electron chi connectivity index (χ3n) is 5.30. The highest BCUT2D eigenvalue weighted by Crippen LogP contribution is 2.34. The van der Waals surface area contributed by atoms with Gasteiger partial charge >= 0.3 is 0 Å². The van der Waals surface area contributed by atoms with Crippen LogP contribution in [0.3, 0.4) is 0 Å². The van der Waals surface area contributed by atoms with Gasteiger partial charge in [-0.3, -0.25) is 9.59 Å². The number of hydrogen-bond donors (Lipinski definition) is 2. The Bertz CT molecular complexity index is 1400. The highest BCUT2D eigenvalue weighted by atomic mass is 32.1. The second kappa shape index (κ2) is 10.1. The van der Waals surface area contributed by atoms with Gasteiger partial charge in [0.1, 0.15) is 11.4 Å². The quantitative estimate of drug-likeness (QED) is 0.393. The van der Waals surface area contributed by atoms with Crippen molar-refractivity contribution in [2.24, 2.45) is 0 Å². The van der Waals surface area contributed by atoms with Crippen LogP contribution in [0.15, 0.2) is 65.6 Å². The van der Waals surface area contributed by atoms with E-state index in [0.29, 0.717) is 0 Å². The van der Waals surface area contributed by atoms with Crippen LogP contribution in [0, 0.1) is 12.9 Å². The van der Waals surface area contributed by atoms with Crippen LogP contribution in [-0.2, 0) is 6.54 Å². The van der Waals surface area contributed by atoms with Crippen LogP contribution in [0.1, 0.15) is 39.5 Å². The minimum Gasteiger partial charge on any atom is -0.343 e. The first kappa shape index (κ1) is 23.5. The summed E-state index contributed by atoms with van der Waals surface area (Å²) in [6, 6.07) is 15.5. The highest BCUT2D eigenvalue weighted by Gasteiger charge is 2.18. The fourth-order valence-electron chi connectivity index (χ4n) is 3.58. The molecule has 1 atom stereocenters. The topological polar surface area (TPSA) is 88.9 Å². The SMILES string of the molecule is CNCc1ccc(C)cc1-c1ccc([C@@H](C)NC(=O)c2ccc(=O)n(-c3cccnc3F)n2)s1. The third kappa shape index (κ3) is 4.95. The van der Waals surface area contributed by atoms with E-state index in [1.165, 1.54) is 41.6 Å². The molecule has 0 aliphatic rings. The molecule has 0 aliphatic carbocycles.